The zero-order valence-corrected chi connectivity index (χ0v) is 15.2. The van der Waals surface area contributed by atoms with Crippen LogP contribution in [0.15, 0.2) is 21.5 Å². The van der Waals surface area contributed by atoms with E-state index in [0.29, 0.717) is 0 Å². The number of carbonyl (C=O) groups excluding carboxylic acids is 1. The number of amides is 1. The summed E-state index contributed by atoms with van der Waals surface area (Å²) in [5.41, 5.74) is -0.318. The van der Waals surface area contributed by atoms with Crippen LogP contribution in [0.3, 0.4) is 0 Å². The van der Waals surface area contributed by atoms with E-state index in [0.717, 1.165) is 12.1 Å². The molecule has 0 aliphatic heterocycles. The molecule has 1 N–H and O–H groups in total. The molecule has 0 fully saturated rings. The molecule has 118 valence electrons. The minimum absolute atomic E-state index is 0.0579. The van der Waals surface area contributed by atoms with Crippen molar-refractivity contribution >= 4 is 41.6 Å². The molecule has 0 bridgehead atoms. The van der Waals surface area contributed by atoms with Crippen molar-refractivity contribution in [2.45, 2.75) is 38.6 Å². The minimum atomic E-state index is -4.16. The predicted molar refractivity (Wildman–Crippen MR) is 83.5 cm³/mol. The molecule has 8 heteroatoms. The van der Waals surface area contributed by atoms with Crippen LogP contribution in [0.25, 0.3) is 0 Å². The summed E-state index contributed by atoms with van der Waals surface area (Å²) in [6.07, 6.45) is 0. The lowest BCUT2D eigenvalue weighted by Gasteiger charge is -2.28. The van der Waals surface area contributed by atoms with E-state index in [-0.39, 0.29) is 21.5 Å². The highest BCUT2D eigenvalue weighted by atomic mass is 79.9. The fraction of sp³-hybridized carbons (Fsp3) is 0.462. The van der Waals surface area contributed by atoms with Crippen molar-refractivity contribution in [2.24, 2.45) is 5.41 Å². The average Bonchev–Trinajstić information content (AvgIpc) is 2.28. The van der Waals surface area contributed by atoms with E-state index < -0.39 is 25.7 Å². The molecule has 0 aromatic heterocycles. The first-order chi connectivity index (χ1) is 9.34. The molecule has 0 saturated heterocycles. The van der Waals surface area contributed by atoms with Gasteiger partial charge in [0.15, 0.2) is 0 Å². The van der Waals surface area contributed by atoms with Crippen molar-refractivity contribution in [2.75, 3.05) is 0 Å². The predicted octanol–water partition coefficient (Wildman–Crippen LogP) is 3.68. The van der Waals surface area contributed by atoms with Gasteiger partial charge in [0.05, 0.1) is 10.0 Å². The number of hydrogen-bond donors (Lipinski definition) is 1. The summed E-state index contributed by atoms with van der Waals surface area (Å²) >= 11 is 3.00. The molecule has 0 saturated carbocycles. The van der Waals surface area contributed by atoms with E-state index in [1.807, 2.05) is 27.7 Å². The lowest BCUT2D eigenvalue weighted by atomic mass is 9.88. The normalized spacial score (nSPS) is 13.9. The molecule has 1 amide bonds. The highest BCUT2D eigenvalue weighted by Crippen LogP contribution is 2.30. The topological polar surface area (TPSA) is 63.2 Å². The Hall–Kier alpha value is -0.660. The van der Waals surface area contributed by atoms with Gasteiger partial charge in [-0.3, -0.25) is 4.79 Å². The molecule has 0 radical (unpaired) electrons. The molecule has 0 heterocycles. The van der Waals surface area contributed by atoms with Crippen LogP contribution in [0.1, 0.15) is 38.1 Å². The lowest BCUT2D eigenvalue weighted by Crippen LogP contribution is -2.41. The molecule has 1 aromatic carbocycles. The van der Waals surface area contributed by atoms with Gasteiger partial charge >= 0.3 is 0 Å². The van der Waals surface area contributed by atoms with Crippen LogP contribution in [0.5, 0.6) is 0 Å². The van der Waals surface area contributed by atoms with Crippen LogP contribution in [0.4, 0.5) is 4.39 Å². The van der Waals surface area contributed by atoms with Crippen molar-refractivity contribution in [3.8, 4) is 0 Å². The van der Waals surface area contributed by atoms with Gasteiger partial charge in [0.25, 0.3) is 15.0 Å². The fourth-order valence-electron chi connectivity index (χ4n) is 1.40. The van der Waals surface area contributed by atoms with Gasteiger partial charge in [0.2, 0.25) is 0 Å². The zero-order chi connectivity index (χ0) is 16.6. The van der Waals surface area contributed by atoms with Gasteiger partial charge in [-0.1, -0.05) is 20.8 Å². The number of hydrogen-bond acceptors (Lipinski definition) is 3. The van der Waals surface area contributed by atoms with E-state index in [2.05, 4.69) is 21.2 Å². The quantitative estimate of drug-likeness (QED) is 0.787. The van der Waals surface area contributed by atoms with Gasteiger partial charge in [-0.15, -0.1) is 0 Å². The molecule has 1 atom stereocenters. The highest BCUT2D eigenvalue weighted by Gasteiger charge is 2.26. The molecule has 1 rings (SSSR count). The van der Waals surface area contributed by atoms with E-state index in [9.17, 15) is 17.6 Å². The Balaban J connectivity index is 3.26. The maximum atomic E-state index is 13.5. The summed E-state index contributed by atoms with van der Waals surface area (Å²) in [5.74, 6) is -1.43. The molecule has 21 heavy (non-hydrogen) atoms. The molecule has 0 aliphatic rings. The van der Waals surface area contributed by atoms with E-state index in [1.165, 1.54) is 0 Å². The third-order valence-corrected chi connectivity index (χ3v) is 5.62. The van der Waals surface area contributed by atoms with Gasteiger partial charge in [0.1, 0.15) is 10.7 Å². The highest BCUT2D eigenvalue weighted by molar-refractivity contribution is 9.10. The minimum Gasteiger partial charge on any atom is -0.349 e. The molecular formula is C13H16BrClFNO3S. The van der Waals surface area contributed by atoms with E-state index in [1.54, 1.807) is 0 Å². The Bertz CT molecular complexity index is 671. The van der Waals surface area contributed by atoms with Crippen LogP contribution in [-0.2, 0) is 9.05 Å². The van der Waals surface area contributed by atoms with Gasteiger partial charge in [-0.25, -0.2) is 12.8 Å². The van der Waals surface area contributed by atoms with Gasteiger partial charge < -0.3 is 5.32 Å². The first-order valence-corrected chi connectivity index (χ1v) is 9.19. The second-order valence-corrected chi connectivity index (χ2v) is 9.09. The van der Waals surface area contributed by atoms with Crippen LogP contribution < -0.4 is 5.32 Å². The summed E-state index contributed by atoms with van der Waals surface area (Å²) in [4.78, 5) is 11.7. The first-order valence-electron chi connectivity index (χ1n) is 6.08. The second-order valence-electron chi connectivity index (χ2n) is 5.76. The lowest BCUT2D eigenvalue weighted by molar-refractivity contribution is 0.0908. The Morgan fingerprint density at radius 1 is 1.38 bits per heavy atom. The second kappa shape index (κ2) is 6.22. The monoisotopic (exact) mass is 399 g/mol. The van der Waals surface area contributed by atoms with Crippen molar-refractivity contribution in [3.05, 3.63) is 28.0 Å². The first kappa shape index (κ1) is 18.4. The Labute approximate surface area is 136 Å². The third-order valence-electron chi connectivity index (χ3n) is 3.16. The molecule has 4 nitrogen and oxygen atoms in total. The standard InChI is InChI=1S/C13H16BrClFNO3S/c1-7(13(2,3)4)17-12(18)9-5-8(16)6-10(11(9)14)21(15,19)20/h5-7H,1-4H3,(H,17,18). The van der Waals surface area contributed by atoms with Crippen molar-refractivity contribution in [1.82, 2.24) is 5.32 Å². The number of carbonyl (C=O) groups is 1. The van der Waals surface area contributed by atoms with Crippen LogP contribution >= 0.6 is 26.6 Å². The Morgan fingerprint density at radius 3 is 2.33 bits per heavy atom. The van der Waals surface area contributed by atoms with Crippen molar-refractivity contribution in [1.29, 1.82) is 0 Å². The number of rotatable bonds is 3. The largest absolute Gasteiger partial charge is 0.349 e. The number of benzene rings is 1. The molecule has 1 aromatic rings. The zero-order valence-electron chi connectivity index (χ0n) is 12.0. The summed E-state index contributed by atoms with van der Waals surface area (Å²) in [7, 11) is 1.07. The molecule has 1 unspecified atom stereocenters. The summed E-state index contributed by atoms with van der Waals surface area (Å²) < 4.78 is 36.3. The SMILES string of the molecule is CC(NC(=O)c1cc(F)cc(S(=O)(=O)Cl)c1Br)C(C)(C)C. The number of nitrogens with one attached hydrogen (secondary N) is 1. The Kier molecular flexibility index (Phi) is 5.45. The molecule has 0 spiro atoms. The van der Waals surface area contributed by atoms with Crippen LogP contribution in [0, 0.1) is 11.2 Å². The number of halogens is 3. The summed E-state index contributed by atoms with van der Waals surface area (Å²) in [6, 6.07) is 1.52. The van der Waals surface area contributed by atoms with Crippen molar-refractivity contribution < 1.29 is 17.6 Å². The maximum absolute atomic E-state index is 13.5. The van der Waals surface area contributed by atoms with Crippen molar-refractivity contribution in [3.63, 3.8) is 0 Å². The third kappa shape index (κ3) is 4.66. The van der Waals surface area contributed by atoms with Gasteiger partial charge in [0, 0.05) is 16.7 Å². The van der Waals surface area contributed by atoms with Crippen LogP contribution in [-0.4, -0.2) is 20.4 Å². The average molecular weight is 401 g/mol. The summed E-state index contributed by atoms with van der Waals surface area (Å²) in [6.45, 7) is 7.62. The van der Waals surface area contributed by atoms with Gasteiger partial charge in [-0.2, -0.15) is 0 Å². The smallest absolute Gasteiger partial charge is 0.262 e. The fourth-order valence-corrected chi connectivity index (χ4v) is 3.67. The summed E-state index contributed by atoms with van der Waals surface area (Å²) in [5, 5.41) is 2.71. The van der Waals surface area contributed by atoms with E-state index >= 15 is 0 Å². The maximum Gasteiger partial charge on any atom is 0.262 e. The molecular weight excluding hydrogens is 385 g/mol. The molecule has 0 aliphatic carbocycles. The van der Waals surface area contributed by atoms with E-state index in [4.69, 9.17) is 10.7 Å². The van der Waals surface area contributed by atoms with Gasteiger partial charge in [-0.05, 0) is 40.4 Å². The Morgan fingerprint density at radius 2 is 1.90 bits per heavy atom. The van der Waals surface area contributed by atoms with Crippen LogP contribution in [0.2, 0.25) is 0 Å².